The lowest BCUT2D eigenvalue weighted by atomic mass is 9.95. The van der Waals surface area contributed by atoms with Crippen molar-refractivity contribution in [2.75, 3.05) is 13.1 Å². The topological polar surface area (TPSA) is 59.0 Å². The summed E-state index contributed by atoms with van der Waals surface area (Å²) in [6, 6.07) is 2.42. The Bertz CT molecular complexity index is 419. The lowest BCUT2D eigenvalue weighted by molar-refractivity contribution is 0.0934. The summed E-state index contributed by atoms with van der Waals surface area (Å²) in [5, 5.41) is 10.6. The quantitative estimate of drug-likeness (QED) is 0.836. The molecule has 1 aromatic heterocycles. The Morgan fingerprint density at radius 2 is 2.39 bits per heavy atom. The molecule has 2 rings (SSSR count). The van der Waals surface area contributed by atoms with Crippen molar-refractivity contribution in [2.45, 2.75) is 32.7 Å². The van der Waals surface area contributed by atoms with Crippen LogP contribution in [-0.2, 0) is 7.05 Å². The van der Waals surface area contributed by atoms with E-state index in [1.807, 2.05) is 13.0 Å². The number of amides is 1. The molecule has 2 unspecified atom stereocenters. The average molecular weight is 250 g/mol. The second kappa shape index (κ2) is 5.52. The third kappa shape index (κ3) is 3.10. The van der Waals surface area contributed by atoms with Gasteiger partial charge in [-0.05, 0) is 45.2 Å². The number of hydrogen-bond acceptors (Lipinski definition) is 3. The zero-order valence-electron chi connectivity index (χ0n) is 11.4. The molecule has 100 valence electrons. The molecule has 0 aromatic carbocycles. The van der Waals surface area contributed by atoms with Crippen LogP contribution in [-0.4, -0.2) is 34.8 Å². The van der Waals surface area contributed by atoms with Gasteiger partial charge in [0, 0.05) is 19.6 Å². The average Bonchev–Trinajstić information content (AvgIpc) is 2.67. The Hall–Kier alpha value is -1.36. The van der Waals surface area contributed by atoms with Gasteiger partial charge < -0.3 is 10.6 Å². The number of hydrogen-bond donors (Lipinski definition) is 2. The number of nitrogens with one attached hydrogen (secondary N) is 2. The van der Waals surface area contributed by atoms with Gasteiger partial charge in [-0.1, -0.05) is 0 Å². The molecule has 2 atom stereocenters. The maximum atomic E-state index is 12.0. The number of piperidine rings is 1. The van der Waals surface area contributed by atoms with Crippen molar-refractivity contribution in [1.29, 1.82) is 0 Å². The second-order valence-corrected chi connectivity index (χ2v) is 5.26. The Morgan fingerprint density at radius 1 is 1.61 bits per heavy atom. The summed E-state index contributed by atoms with van der Waals surface area (Å²) in [5.74, 6) is 0.510. The zero-order valence-corrected chi connectivity index (χ0v) is 11.4. The van der Waals surface area contributed by atoms with Gasteiger partial charge in [0.1, 0.15) is 5.69 Å². The highest BCUT2D eigenvalue weighted by Gasteiger charge is 2.19. The predicted molar refractivity (Wildman–Crippen MR) is 70.5 cm³/mol. The molecule has 0 radical (unpaired) electrons. The van der Waals surface area contributed by atoms with Crippen molar-refractivity contribution in [3.05, 3.63) is 17.5 Å². The second-order valence-electron chi connectivity index (χ2n) is 5.26. The third-order valence-electron chi connectivity index (χ3n) is 3.55. The van der Waals surface area contributed by atoms with E-state index in [1.165, 1.54) is 12.8 Å². The van der Waals surface area contributed by atoms with Crippen molar-refractivity contribution in [1.82, 2.24) is 20.4 Å². The number of rotatable bonds is 3. The van der Waals surface area contributed by atoms with Crippen LogP contribution in [0.1, 0.15) is 35.9 Å². The molecular weight excluding hydrogens is 228 g/mol. The number of carbonyl (C=O) groups is 1. The molecular formula is C13H22N4O. The predicted octanol–water partition coefficient (Wildman–Crippen LogP) is 0.846. The minimum Gasteiger partial charge on any atom is -0.350 e. The van der Waals surface area contributed by atoms with E-state index < -0.39 is 0 Å². The Labute approximate surface area is 108 Å². The fourth-order valence-electron chi connectivity index (χ4n) is 2.38. The van der Waals surface area contributed by atoms with Crippen LogP contribution in [0.4, 0.5) is 0 Å². The lowest BCUT2D eigenvalue weighted by Gasteiger charge is -2.27. The van der Waals surface area contributed by atoms with Crippen molar-refractivity contribution < 1.29 is 4.79 Å². The van der Waals surface area contributed by atoms with E-state index >= 15 is 0 Å². The van der Waals surface area contributed by atoms with E-state index in [2.05, 4.69) is 22.7 Å². The summed E-state index contributed by atoms with van der Waals surface area (Å²) in [6.07, 6.45) is 2.37. The maximum Gasteiger partial charge on any atom is 0.269 e. The van der Waals surface area contributed by atoms with Crippen LogP contribution in [0.25, 0.3) is 0 Å². The first kappa shape index (κ1) is 13.1. The first-order valence-corrected chi connectivity index (χ1v) is 6.58. The maximum absolute atomic E-state index is 12.0. The number of carbonyl (C=O) groups excluding carboxylic acids is 1. The molecule has 1 amide bonds. The molecule has 2 heterocycles. The van der Waals surface area contributed by atoms with Gasteiger partial charge >= 0.3 is 0 Å². The van der Waals surface area contributed by atoms with Crippen LogP contribution in [0.2, 0.25) is 0 Å². The molecule has 0 bridgehead atoms. The molecule has 0 saturated carbocycles. The monoisotopic (exact) mass is 250 g/mol. The SMILES string of the molecule is Cc1cc(C(=O)NCC2CCC(C)NC2)n(C)n1. The van der Waals surface area contributed by atoms with Crippen LogP contribution in [0, 0.1) is 12.8 Å². The summed E-state index contributed by atoms with van der Waals surface area (Å²) in [6.45, 7) is 5.82. The molecule has 2 N–H and O–H groups in total. The van der Waals surface area contributed by atoms with E-state index in [4.69, 9.17) is 0 Å². The summed E-state index contributed by atoms with van der Waals surface area (Å²) < 4.78 is 1.63. The summed E-state index contributed by atoms with van der Waals surface area (Å²) in [5.41, 5.74) is 1.50. The molecule has 5 heteroatoms. The fourth-order valence-corrected chi connectivity index (χ4v) is 2.38. The highest BCUT2D eigenvalue weighted by molar-refractivity contribution is 5.92. The van der Waals surface area contributed by atoms with Gasteiger partial charge in [-0.2, -0.15) is 5.10 Å². The van der Waals surface area contributed by atoms with Crippen LogP contribution in [0.3, 0.4) is 0 Å². The molecule has 5 nitrogen and oxygen atoms in total. The standard InChI is InChI=1S/C13H22N4O/c1-9-4-5-11(7-14-9)8-15-13(18)12-6-10(2)16-17(12)3/h6,9,11,14H,4-5,7-8H2,1-3H3,(H,15,18). The van der Waals surface area contributed by atoms with E-state index in [9.17, 15) is 4.79 Å². The molecule has 1 aliphatic heterocycles. The van der Waals surface area contributed by atoms with Gasteiger partial charge in [0.05, 0.1) is 5.69 Å². The van der Waals surface area contributed by atoms with Gasteiger partial charge in [0.15, 0.2) is 0 Å². The number of aryl methyl sites for hydroxylation is 2. The highest BCUT2D eigenvalue weighted by atomic mass is 16.2. The smallest absolute Gasteiger partial charge is 0.269 e. The van der Waals surface area contributed by atoms with Crippen molar-refractivity contribution in [3.63, 3.8) is 0 Å². The van der Waals surface area contributed by atoms with Gasteiger partial charge in [0.25, 0.3) is 5.91 Å². The van der Waals surface area contributed by atoms with Crippen LogP contribution in [0.15, 0.2) is 6.07 Å². The van der Waals surface area contributed by atoms with Crippen molar-refractivity contribution >= 4 is 5.91 Å². The van der Waals surface area contributed by atoms with Crippen LogP contribution in [0.5, 0.6) is 0 Å². The molecule has 18 heavy (non-hydrogen) atoms. The molecule has 1 aliphatic rings. The molecule has 1 aromatic rings. The first-order valence-electron chi connectivity index (χ1n) is 6.58. The van der Waals surface area contributed by atoms with Gasteiger partial charge in [-0.3, -0.25) is 9.48 Å². The van der Waals surface area contributed by atoms with E-state index in [0.717, 1.165) is 18.8 Å². The zero-order chi connectivity index (χ0) is 13.1. The Balaban J connectivity index is 1.83. The van der Waals surface area contributed by atoms with E-state index in [1.54, 1.807) is 11.7 Å². The molecule has 0 aliphatic carbocycles. The van der Waals surface area contributed by atoms with E-state index in [-0.39, 0.29) is 5.91 Å². The number of nitrogens with zero attached hydrogens (tertiary/aromatic N) is 2. The summed E-state index contributed by atoms with van der Waals surface area (Å²) in [7, 11) is 1.80. The summed E-state index contributed by atoms with van der Waals surface area (Å²) in [4.78, 5) is 12.0. The van der Waals surface area contributed by atoms with Crippen LogP contribution < -0.4 is 10.6 Å². The lowest BCUT2D eigenvalue weighted by Crippen LogP contribution is -2.42. The van der Waals surface area contributed by atoms with Gasteiger partial charge in [-0.15, -0.1) is 0 Å². The molecule has 1 fully saturated rings. The summed E-state index contributed by atoms with van der Waals surface area (Å²) >= 11 is 0. The third-order valence-corrected chi connectivity index (χ3v) is 3.55. The minimum atomic E-state index is -0.0308. The van der Waals surface area contributed by atoms with Gasteiger partial charge in [-0.25, -0.2) is 0 Å². The Morgan fingerprint density at radius 3 is 2.94 bits per heavy atom. The van der Waals surface area contributed by atoms with Crippen LogP contribution >= 0.6 is 0 Å². The van der Waals surface area contributed by atoms with E-state index in [0.29, 0.717) is 17.7 Å². The minimum absolute atomic E-state index is 0.0308. The molecule has 1 saturated heterocycles. The molecule has 0 spiro atoms. The normalized spacial score (nSPS) is 23.9. The van der Waals surface area contributed by atoms with Crippen molar-refractivity contribution in [3.8, 4) is 0 Å². The van der Waals surface area contributed by atoms with Crippen molar-refractivity contribution in [2.24, 2.45) is 13.0 Å². The Kier molecular flexibility index (Phi) is 4.01. The number of aromatic nitrogens is 2. The fraction of sp³-hybridized carbons (Fsp3) is 0.692. The largest absolute Gasteiger partial charge is 0.350 e. The van der Waals surface area contributed by atoms with Gasteiger partial charge in [0.2, 0.25) is 0 Å². The first-order chi connectivity index (χ1) is 8.56. The highest BCUT2D eigenvalue weighted by Crippen LogP contribution is 2.13.